The lowest BCUT2D eigenvalue weighted by Gasteiger charge is -2.34. The predicted molar refractivity (Wildman–Crippen MR) is 132 cm³/mol. The molecule has 2 aromatic carbocycles. The van der Waals surface area contributed by atoms with Crippen molar-refractivity contribution in [3.05, 3.63) is 70.3 Å². The first kappa shape index (κ1) is 24.0. The first-order chi connectivity index (χ1) is 16.2. The summed E-state index contributed by atoms with van der Waals surface area (Å²) in [6.07, 6.45) is 1.26. The Balaban J connectivity index is 1.99. The summed E-state index contributed by atoms with van der Waals surface area (Å²) in [5.74, 6) is -2.42. The van der Waals surface area contributed by atoms with Crippen LogP contribution >= 0.6 is 11.6 Å². The predicted octanol–water partition coefficient (Wildman–Crippen LogP) is 3.62. The summed E-state index contributed by atoms with van der Waals surface area (Å²) in [6.45, 7) is 3.26. The summed E-state index contributed by atoms with van der Waals surface area (Å²) >= 11 is 6.01. The van der Waals surface area contributed by atoms with E-state index in [4.69, 9.17) is 11.6 Å². The molecule has 7 nitrogen and oxygen atoms in total. The molecule has 2 aliphatic rings. The minimum Gasteiger partial charge on any atom is -0.507 e. The van der Waals surface area contributed by atoms with Crippen LogP contribution in [-0.4, -0.2) is 66.2 Å². The average molecular weight is 482 g/mol. The van der Waals surface area contributed by atoms with Gasteiger partial charge in [-0.25, -0.2) is 0 Å². The van der Waals surface area contributed by atoms with Crippen LogP contribution in [0.25, 0.3) is 5.76 Å². The van der Waals surface area contributed by atoms with Gasteiger partial charge in [-0.15, -0.1) is 0 Å². The normalized spacial score (nSPS) is 21.3. The Hall–Kier alpha value is -3.16. The molecule has 0 bridgehead atoms. The molecule has 178 valence electrons. The van der Waals surface area contributed by atoms with Crippen LogP contribution in [0.2, 0.25) is 5.02 Å². The lowest BCUT2D eigenvalue weighted by Crippen LogP contribution is -2.52. The summed E-state index contributed by atoms with van der Waals surface area (Å²) < 4.78 is 0. The third kappa shape index (κ3) is 3.60. The van der Waals surface area contributed by atoms with Gasteiger partial charge >= 0.3 is 0 Å². The molecule has 2 heterocycles. The molecule has 0 unspecified atom stereocenters. The molecular formula is C26H28ClN3O4. The van der Waals surface area contributed by atoms with Gasteiger partial charge in [0.2, 0.25) is 0 Å². The van der Waals surface area contributed by atoms with Crippen molar-refractivity contribution in [3.8, 4) is 0 Å². The molecule has 0 aliphatic carbocycles. The zero-order valence-electron chi connectivity index (χ0n) is 19.5. The van der Waals surface area contributed by atoms with Crippen LogP contribution in [0.4, 0.5) is 5.69 Å². The van der Waals surface area contributed by atoms with Crippen molar-refractivity contribution < 1.29 is 19.5 Å². The molecule has 1 atom stereocenters. The summed E-state index contributed by atoms with van der Waals surface area (Å²) in [6, 6.07) is 13.5. The number of aliphatic hydroxyl groups excluding tert-OH is 1. The maximum absolute atomic E-state index is 14.2. The van der Waals surface area contributed by atoms with Crippen molar-refractivity contribution in [1.82, 2.24) is 9.80 Å². The Morgan fingerprint density at radius 1 is 1.03 bits per heavy atom. The minimum atomic E-state index is -1.71. The number of carbonyl (C=O) groups excluding carboxylic acids is 3. The van der Waals surface area contributed by atoms with Gasteiger partial charge in [0.15, 0.2) is 5.54 Å². The van der Waals surface area contributed by atoms with Gasteiger partial charge in [-0.05, 0) is 63.8 Å². The van der Waals surface area contributed by atoms with Gasteiger partial charge in [-0.1, -0.05) is 36.7 Å². The summed E-state index contributed by atoms with van der Waals surface area (Å²) in [4.78, 5) is 46.0. The monoisotopic (exact) mass is 481 g/mol. The number of fused-ring (bicyclic) bond motifs is 2. The highest BCUT2D eigenvalue weighted by Gasteiger charge is 2.66. The largest absolute Gasteiger partial charge is 0.507 e. The number of rotatable bonds is 7. The third-order valence-electron chi connectivity index (χ3n) is 6.36. The Morgan fingerprint density at radius 2 is 1.71 bits per heavy atom. The Labute approximate surface area is 204 Å². The van der Waals surface area contributed by atoms with Crippen LogP contribution in [0.15, 0.2) is 54.1 Å². The van der Waals surface area contributed by atoms with E-state index in [1.165, 1.54) is 4.90 Å². The SMILES string of the molecule is CCCN1C(=O)[C@]2(C(=C(O)c3ccc(Cl)cc3)C(=O)C(=O)N2CCCN(C)C)c2ccccc21. The average Bonchev–Trinajstić information content (AvgIpc) is 3.18. The van der Waals surface area contributed by atoms with Crippen LogP contribution in [0.3, 0.4) is 0 Å². The first-order valence-electron chi connectivity index (χ1n) is 11.4. The summed E-state index contributed by atoms with van der Waals surface area (Å²) in [5, 5.41) is 11.8. The number of benzene rings is 2. The Bertz CT molecular complexity index is 1170. The first-order valence-corrected chi connectivity index (χ1v) is 11.7. The fourth-order valence-corrected chi connectivity index (χ4v) is 5.04. The molecule has 0 saturated carbocycles. The molecule has 2 amide bonds. The number of aliphatic hydroxyl groups is 1. The summed E-state index contributed by atoms with van der Waals surface area (Å²) in [5.41, 5.74) is -0.408. The number of likely N-dealkylation sites (tertiary alicyclic amines) is 1. The van der Waals surface area contributed by atoms with E-state index in [0.717, 1.165) is 0 Å². The summed E-state index contributed by atoms with van der Waals surface area (Å²) in [7, 11) is 3.84. The number of Topliss-reactive ketones (excluding diaryl/α,β-unsaturated/α-hetero) is 1. The number of carbonyl (C=O) groups is 3. The Kier molecular flexibility index (Phi) is 6.51. The molecule has 1 spiro atoms. The fraction of sp³-hybridized carbons (Fsp3) is 0.346. The molecular weight excluding hydrogens is 454 g/mol. The smallest absolute Gasteiger partial charge is 0.296 e. The molecule has 8 heteroatoms. The van der Waals surface area contributed by atoms with Crippen LogP contribution in [0.5, 0.6) is 0 Å². The number of amides is 2. The van der Waals surface area contributed by atoms with Crippen molar-refractivity contribution in [1.29, 1.82) is 0 Å². The topological polar surface area (TPSA) is 81.2 Å². The molecule has 0 radical (unpaired) electrons. The van der Waals surface area contributed by atoms with Gasteiger partial charge in [0.1, 0.15) is 5.76 Å². The maximum Gasteiger partial charge on any atom is 0.296 e. The van der Waals surface area contributed by atoms with Crippen LogP contribution in [0, 0.1) is 0 Å². The van der Waals surface area contributed by atoms with Crippen molar-refractivity contribution in [2.75, 3.05) is 38.6 Å². The van der Waals surface area contributed by atoms with Crippen molar-refractivity contribution in [3.63, 3.8) is 0 Å². The highest BCUT2D eigenvalue weighted by Crippen LogP contribution is 2.53. The van der Waals surface area contributed by atoms with Crippen LogP contribution < -0.4 is 4.90 Å². The highest BCUT2D eigenvalue weighted by molar-refractivity contribution is 6.50. The maximum atomic E-state index is 14.2. The number of hydrogen-bond donors (Lipinski definition) is 1. The molecule has 1 N–H and O–H groups in total. The van der Waals surface area contributed by atoms with Gasteiger partial charge in [0.25, 0.3) is 17.6 Å². The number of hydrogen-bond acceptors (Lipinski definition) is 5. The number of ketones is 1. The number of para-hydroxylation sites is 1. The second-order valence-corrected chi connectivity index (χ2v) is 9.29. The number of nitrogens with zero attached hydrogens (tertiary/aromatic N) is 3. The molecule has 1 saturated heterocycles. The van der Waals surface area contributed by atoms with Gasteiger partial charge in [0, 0.05) is 29.2 Å². The second-order valence-electron chi connectivity index (χ2n) is 8.86. The third-order valence-corrected chi connectivity index (χ3v) is 6.61. The van der Waals surface area contributed by atoms with Crippen LogP contribution in [-0.2, 0) is 19.9 Å². The zero-order chi connectivity index (χ0) is 24.6. The fourth-order valence-electron chi connectivity index (χ4n) is 4.91. The minimum absolute atomic E-state index is 0.194. The molecule has 4 rings (SSSR count). The van der Waals surface area contributed by atoms with Crippen LogP contribution in [0.1, 0.15) is 30.9 Å². The van der Waals surface area contributed by atoms with E-state index in [-0.39, 0.29) is 17.9 Å². The van der Waals surface area contributed by atoms with Gasteiger partial charge in [0.05, 0.1) is 11.3 Å². The van der Waals surface area contributed by atoms with E-state index in [2.05, 4.69) is 0 Å². The highest BCUT2D eigenvalue weighted by atomic mass is 35.5. The Morgan fingerprint density at radius 3 is 2.35 bits per heavy atom. The molecule has 1 fully saturated rings. The number of halogens is 1. The lowest BCUT2D eigenvalue weighted by atomic mass is 9.82. The van der Waals surface area contributed by atoms with Gasteiger partial charge in [-0.3, -0.25) is 14.4 Å². The van der Waals surface area contributed by atoms with Crippen molar-refractivity contribution >= 4 is 40.6 Å². The molecule has 2 aromatic rings. The van der Waals surface area contributed by atoms with Crippen molar-refractivity contribution in [2.24, 2.45) is 0 Å². The number of anilines is 1. The van der Waals surface area contributed by atoms with E-state index >= 15 is 0 Å². The van der Waals surface area contributed by atoms with E-state index in [0.29, 0.717) is 47.8 Å². The van der Waals surface area contributed by atoms with E-state index in [1.54, 1.807) is 41.3 Å². The molecule has 2 aliphatic heterocycles. The van der Waals surface area contributed by atoms with E-state index in [1.807, 2.05) is 38.1 Å². The van der Waals surface area contributed by atoms with Gasteiger partial charge < -0.3 is 19.8 Å². The second kappa shape index (κ2) is 9.24. The quantitative estimate of drug-likeness (QED) is 0.371. The van der Waals surface area contributed by atoms with E-state index < -0.39 is 23.1 Å². The lowest BCUT2D eigenvalue weighted by molar-refractivity contribution is -0.143. The molecule has 34 heavy (non-hydrogen) atoms. The molecule has 0 aromatic heterocycles. The zero-order valence-corrected chi connectivity index (χ0v) is 20.3. The standard InChI is InChI=1S/C26H28ClN3O4/c1-4-14-29-20-9-6-5-8-19(20)26(25(29)34)21(22(31)17-10-12-18(27)13-11-17)23(32)24(33)30(26)16-7-15-28(2)3/h5-6,8-13,31H,4,7,14-16H2,1-3H3/t26-/m1/s1. The van der Waals surface area contributed by atoms with Gasteiger partial charge in [-0.2, -0.15) is 0 Å². The van der Waals surface area contributed by atoms with Crippen molar-refractivity contribution in [2.45, 2.75) is 25.3 Å². The van der Waals surface area contributed by atoms with E-state index in [9.17, 15) is 19.5 Å².